The van der Waals surface area contributed by atoms with Crippen LogP contribution in [0.4, 0.5) is 11.4 Å². The van der Waals surface area contributed by atoms with Crippen molar-refractivity contribution < 1.29 is 9.53 Å². The third-order valence-corrected chi connectivity index (χ3v) is 7.53. The Morgan fingerprint density at radius 1 is 1.17 bits per heavy atom. The minimum absolute atomic E-state index is 0.0554. The molecule has 0 atom stereocenters. The van der Waals surface area contributed by atoms with E-state index in [4.69, 9.17) is 39.1 Å². The number of piperidine rings is 1. The Labute approximate surface area is 213 Å². The molecule has 2 saturated heterocycles. The molecule has 1 spiro atoms. The predicted octanol–water partition coefficient (Wildman–Crippen LogP) is 3.43. The van der Waals surface area contributed by atoms with Crippen LogP contribution in [-0.2, 0) is 4.79 Å². The first-order valence-electron chi connectivity index (χ1n) is 11.4. The smallest absolute Gasteiger partial charge is 0.259 e. The standard InChI is InChI=1S/C24H22ClN7O2S/c25-19-12-17(15-28-20(19)13-27)31-22(33)24(6-1-7-24)32(23(31)35)16-2-3-21(29-14-16)34-18-4-9-30(10-5-18)11-8-26/h2-3,12,14-15,18H,1,4-7,9-11H2. The molecular formula is C24H22ClN7O2S. The van der Waals surface area contributed by atoms with Crippen molar-refractivity contribution in [1.82, 2.24) is 14.9 Å². The summed E-state index contributed by atoms with van der Waals surface area (Å²) < 4.78 is 6.07. The monoisotopic (exact) mass is 507 g/mol. The number of hydrogen-bond acceptors (Lipinski definition) is 8. The van der Waals surface area contributed by atoms with Gasteiger partial charge in [0.05, 0.1) is 41.4 Å². The second-order valence-electron chi connectivity index (χ2n) is 8.89. The molecule has 1 amide bonds. The Bertz CT molecular complexity index is 1240. The van der Waals surface area contributed by atoms with Crippen LogP contribution in [0, 0.1) is 22.7 Å². The molecule has 5 rings (SSSR count). The van der Waals surface area contributed by atoms with Crippen LogP contribution in [0.25, 0.3) is 0 Å². The van der Waals surface area contributed by atoms with Crippen LogP contribution in [-0.4, -0.2) is 57.2 Å². The maximum atomic E-state index is 13.6. The summed E-state index contributed by atoms with van der Waals surface area (Å²) in [5, 5.41) is 18.5. The average molecular weight is 508 g/mol. The number of ether oxygens (including phenoxy) is 1. The van der Waals surface area contributed by atoms with E-state index in [1.54, 1.807) is 18.3 Å². The Kier molecular flexibility index (Phi) is 6.28. The van der Waals surface area contributed by atoms with E-state index in [0.29, 0.717) is 36.1 Å². The van der Waals surface area contributed by atoms with Crippen LogP contribution in [0.3, 0.4) is 0 Å². The maximum absolute atomic E-state index is 13.6. The van der Waals surface area contributed by atoms with E-state index in [1.807, 2.05) is 17.0 Å². The SMILES string of the molecule is N#CCN1CCC(Oc2ccc(N3C(=S)N(c4cnc(C#N)c(Cl)c4)C(=O)C34CCC4)cn2)CC1. The molecule has 35 heavy (non-hydrogen) atoms. The number of nitriles is 2. The second kappa shape index (κ2) is 9.38. The molecule has 4 heterocycles. The zero-order valence-electron chi connectivity index (χ0n) is 18.9. The molecule has 1 saturated carbocycles. The number of hydrogen-bond donors (Lipinski definition) is 0. The summed E-state index contributed by atoms with van der Waals surface area (Å²) in [7, 11) is 0. The van der Waals surface area contributed by atoms with Crippen molar-refractivity contribution in [2.45, 2.75) is 43.7 Å². The van der Waals surface area contributed by atoms with Gasteiger partial charge in [0.15, 0.2) is 10.8 Å². The van der Waals surface area contributed by atoms with Gasteiger partial charge in [-0.25, -0.2) is 9.97 Å². The maximum Gasteiger partial charge on any atom is 0.259 e. The highest BCUT2D eigenvalue weighted by Gasteiger charge is 2.59. The number of thiocarbonyl (C=S) groups is 1. The molecule has 0 aromatic carbocycles. The number of carbonyl (C=O) groups excluding carboxylic acids is 1. The summed E-state index contributed by atoms with van der Waals surface area (Å²) in [5.41, 5.74) is 0.497. The van der Waals surface area contributed by atoms with E-state index in [9.17, 15) is 4.79 Å². The van der Waals surface area contributed by atoms with E-state index in [2.05, 4.69) is 20.9 Å². The van der Waals surface area contributed by atoms with Crippen molar-refractivity contribution in [3.8, 4) is 18.0 Å². The summed E-state index contributed by atoms with van der Waals surface area (Å²) in [4.78, 5) is 27.6. The van der Waals surface area contributed by atoms with Crippen LogP contribution in [0.2, 0.25) is 5.02 Å². The van der Waals surface area contributed by atoms with E-state index in [0.717, 1.165) is 38.0 Å². The van der Waals surface area contributed by atoms with Gasteiger partial charge in [0.25, 0.3) is 5.91 Å². The number of nitrogens with zero attached hydrogens (tertiary/aromatic N) is 7. The number of halogens is 1. The fourth-order valence-corrected chi connectivity index (χ4v) is 5.54. The van der Waals surface area contributed by atoms with Crippen molar-refractivity contribution in [1.29, 1.82) is 10.5 Å². The highest BCUT2D eigenvalue weighted by atomic mass is 35.5. The van der Waals surface area contributed by atoms with Gasteiger partial charge in [-0.2, -0.15) is 10.5 Å². The highest BCUT2D eigenvalue weighted by Crippen LogP contribution is 2.47. The van der Waals surface area contributed by atoms with Crippen LogP contribution < -0.4 is 14.5 Å². The molecule has 11 heteroatoms. The number of likely N-dealkylation sites (tertiary alicyclic amines) is 1. The number of amides is 1. The van der Waals surface area contributed by atoms with E-state index in [1.165, 1.54) is 11.1 Å². The number of aromatic nitrogens is 2. The second-order valence-corrected chi connectivity index (χ2v) is 9.66. The summed E-state index contributed by atoms with van der Waals surface area (Å²) in [6.45, 7) is 2.09. The Balaban J connectivity index is 1.35. The summed E-state index contributed by atoms with van der Waals surface area (Å²) in [6.07, 6.45) is 7.15. The Hall–Kier alpha value is -3.31. The van der Waals surface area contributed by atoms with Gasteiger partial charge in [-0.3, -0.25) is 14.6 Å². The first-order chi connectivity index (χ1) is 17.0. The lowest BCUT2D eigenvalue weighted by atomic mass is 9.75. The fourth-order valence-electron chi connectivity index (χ4n) is 4.87. The molecule has 1 aliphatic carbocycles. The zero-order chi connectivity index (χ0) is 24.6. The number of carbonyl (C=O) groups is 1. The van der Waals surface area contributed by atoms with Gasteiger partial charge in [0.2, 0.25) is 5.88 Å². The van der Waals surface area contributed by atoms with E-state index >= 15 is 0 Å². The topological polar surface area (TPSA) is 109 Å². The molecule has 0 bridgehead atoms. The van der Waals surface area contributed by atoms with Gasteiger partial charge in [-0.05, 0) is 56.5 Å². The predicted molar refractivity (Wildman–Crippen MR) is 133 cm³/mol. The molecule has 0 unspecified atom stereocenters. The fraction of sp³-hybridized carbons (Fsp3) is 0.417. The lowest BCUT2D eigenvalue weighted by molar-refractivity contribution is -0.123. The van der Waals surface area contributed by atoms with Crippen LogP contribution in [0.15, 0.2) is 30.6 Å². The molecule has 0 radical (unpaired) electrons. The van der Waals surface area contributed by atoms with Crippen LogP contribution in [0.5, 0.6) is 5.88 Å². The lowest BCUT2D eigenvalue weighted by Gasteiger charge is -2.42. The first kappa shape index (κ1) is 23.4. The number of anilines is 2. The van der Waals surface area contributed by atoms with Gasteiger partial charge < -0.3 is 9.64 Å². The molecule has 178 valence electrons. The van der Waals surface area contributed by atoms with Gasteiger partial charge in [0, 0.05) is 19.2 Å². The summed E-state index contributed by atoms with van der Waals surface area (Å²) in [5.74, 6) is 0.396. The van der Waals surface area contributed by atoms with Gasteiger partial charge >= 0.3 is 0 Å². The molecule has 2 aromatic heterocycles. The van der Waals surface area contributed by atoms with Crippen LogP contribution in [0.1, 0.15) is 37.8 Å². The largest absolute Gasteiger partial charge is 0.474 e. The summed E-state index contributed by atoms with van der Waals surface area (Å²) >= 11 is 11.9. The first-order valence-corrected chi connectivity index (χ1v) is 12.2. The highest BCUT2D eigenvalue weighted by molar-refractivity contribution is 7.81. The average Bonchev–Trinajstić information content (AvgIpc) is 3.07. The van der Waals surface area contributed by atoms with Crippen molar-refractivity contribution in [3.05, 3.63) is 41.3 Å². The molecular weight excluding hydrogens is 486 g/mol. The number of pyridine rings is 2. The van der Waals surface area contributed by atoms with Gasteiger partial charge in [-0.15, -0.1) is 0 Å². The lowest BCUT2D eigenvalue weighted by Crippen LogP contribution is -2.55. The number of rotatable bonds is 5. The summed E-state index contributed by atoms with van der Waals surface area (Å²) in [6, 6.07) is 9.34. The molecule has 2 aliphatic heterocycles. The van der Waals surface area contributed by atoms with Crippen LogP contribution >= 0.6 is 23.8 Å². The quantitative estimate of drug-likeness (QED) is 0.444. The molecule has 2 aromatic rings. The van der Waals surface area contributed by atoms with Gasteiger partial charge in [-0.1, -0.05) is 11.6 Å². The molecule has 3 fully saturated rings. The minimum atomic E-state index is -0.755. The Morgan fingerprint density at radius 2 is 1.91 bits per heavy atom. The van der Waals surface area contributed by atoms with Crippen molar-refractivity contribution in [2.75, 3.05) is 29.4 Å². The third-order valence-electron chi connectivity index (χ3n) is 6.88. The van der Waals surface area contributed by atoms with Crippen molar-refractivity contribution in [2.24, 2.45) is 0 Å². The molecule has 9 nitrogen and oxygen atoms in total. The van der Waals surface area contributed by atoms with Crippen molar-refractivity contribution in [3.63, 3.8) is 0 Å². The zero-order valence-corrected chi connectivity index (χ0v) is 20.4. The van der Waals surface area contributed by atoms with E-state index in [-0.39, 0.29) is 22.7 Å². The third kappa shape index (κ3) is 4.08. The van der Waals surface area contributed by atoms with Crippen molar-refractivity contribution >= 4 is 46.2 Å². The van der Waals surface area contributed by atoms with E-state index < -0.39 is 5.54 Å². The van der Waals surface area contributed by atoms with Gasteiger partial charge in [0.1, 0.15) is 17.7 Å². The Morgan fingerprint density at radius 3 is 2.49 bits per heavy atom. The molecule has 0 N–H and O–H groups in total. The minimum Gasteiger partial charge on any atom is -0.474 e. The normalized spacial score (nSPS) is 20.0. The molecule has 3 aliphatic rings.